The Labute approximate surface area is 149 Å². The molecule has 1 amide bonds. The number of hydrogen-bond donors (Lipinski definition) is 1. The second kappa shape index (κ2) is 7.52. The zero-order valence-corrected chi connectivity index (χ0v) is 14.9. The van der Waals surface area contributed by atoms with Gasteiger partial charge in [-0.15, -0.1) is 10.2 Å². The van der Waals surface area contributed by atoms with Gasteiger partial charge in [-0.2, -0.15) is 4.31 Å². The van der Waals surface area contributed by atoms with Crippen LogP contribution in [0, 0.1) is 0 Å². The number of carbonyl (C=O) groups excluding carboxylic acids is 1. The minimum absolute atomic E-state index is 0.0252. The van der Waals surface area contributed by atoms with Crippen molar-refractivity contribution < 1.29 is 17.9 Å². The number of benzene rings is 1. The number of carbonyl (C=O) groups is 1. The van der Waals surface area contributed by atoms with E-state index in [1.54, 1.807) is 24.3 Å². The summed E-state index contributed by atoms with van der Waals surface area (Å²) in [4.78, 5) is 11.1. The topological polar surface area (TPSA) is 120 Å². The first-order chi connectivity index (χ1) is 12.0. The van der Waals surface area contributed by atoms with E-state index < -0.39 is 15.9 Å². The Bertz CT molecular complexity index is 847. The summed E-state index contributed by atoms with van der Waals surface area (Å²) in [7, 11) is -3.85. The largest absolute Gasteiger partial charge is 0.379 e. The van der Waals surface area contributed by atoms with Gasteiger partial charge in [-0.1, -0.05) is 30.0 Å². The summed E-state index contributed by atoms with van der Waals surface area (Å²) in [5.41, 5.74) is 5.77. The highest BCUT2D eigenvalue weighted by molar-refractivity contribution is 7.99. The van der Waals surface area contributed by atoms with Gasteiger partial charge in [-0.05, 0) is 12.1 Å². The molecule has 3 rings (SSSR count). The molecule has 0 atom stereocenters. The summed E-state index contributed by atoms with van der Waals surface area (Å²) in [6.45, 7) is 1.19. The van der Waals surface area contributed by atoms with E-state index in [0.29, 0.717) is 18.9 Å². The zero-order valence-electron chi connectivity index (χ0n) is 13.2. The van der Waals surface area contributed by atoms with Crippen molar-refractivity contribution in [1.29, 1.82) is 0 Å². The van der Waals surface area contributed by atoms with Gasteiger partial charge in [0.2, 0.25) is 5.91 Å². The van der Waals surface area contributed by atoms with E-state index in [9.17, 15) is 13.2 Å². The molecular formula is C14H17N5O4S2. The molecule has 1 aliphatic heterocycles. The lowest BCUT2D eigenvalue weighted by Crippen LogP contribution is -2.41. The van der Waals surface area contributed by atoms with Crippen LogP contribution in [-0.2, 0) is 19.6 Å². The molecule has 2 N–H and O–H groups in total. The van der Waals surface area contributed by atoms with Crippen molar-refractivity contribution in [2.75, 3.05) is 32.1 Å². The molecule has 134 valence electrons. The van der Waals surface area contributed by atoms with Gasteiger partial charge in [-0.25, -0.2) is 8.42 Å². The molecular weight excluding hydrogens is 366 g/mol. The molecule has 0 radical (unpaired) electrons. The quantitative estimate of drug-likeness (QED) is 0.690. The van der Waals surface area contributed by atoms with Crippen LogP contribution in [0.2, 0.25) is 0 Å². The number of hydrogen-bond acceptors (Lipinski definition) is 7. The van der Waals surface area contributed by atoms with Crippen molar-refractivity contribution in [3.8, 4) is 5.69 Å². The van der Waals surface area contributed by atoms with Gasteiger partial charge in [0.05, 0.1) is 24.7 Å². The van der Waals surface area contributed by atoms with E-state index in [1.165, 1.54) is 8.87 Å². The highest BCUT2D eigenvalue weighted by atomic mass is 32.2. The lowest BCUT2D eigenvalue weighted by Gasteiger charge is -2.25. The minimum atomic E-state index is -3.85. The van der Waals surface area contributed by atoms with Crippen molar-refractivity contribution in [2.24, 2.45) is 5.73 Å². The third-order valence-corrected chi connectivity index (χ3v) is 6.22. The van der Waals surface area contributed by atoms with E-state index in [4.69, 9.17) is 10.5 Å². The summed E-state index contributed by atoms with van der Waals surface area (Å²) < 4.78 is 33.9. The number of amides is 1. The Kier molecular flexibility index (Phi) is 5.37. The lowest BCUT2D eigenvalue weighted by atomic mass is 10.3. The Morgan fingerprint density at radius 3 is 2.52 bits per heavy atom. The van der Waals surface area contributed by atoms with E-state index in [-0.39, 0.29) is 29.2 Å². The molecule has 9 nitrogen and oxygen atoms in total. The number of aromatic nitrogens is 3. The molecule has 0 bridgehead atoms. The van der Waals surface area contributed by atoms with Crippen LogP contribution in [0.3, 0.4) is 0 Å². The van der Waals surface area contributed by atoms with Crippen LogP contribution in [0.4, 0.5) is 0 Å². The van der Waals surface area contributed by atoms with Crippen LogP contribution in [0.15, 0.2) is 40.6 Å². The predicted molar refractivity (Wildman–Crippen MR) is 90.9 cm³/mol. The van der Waals surface area contributed by atoms with E-state index in [0.717, 1.165) is 11.8 Å². The average molecular weight is 383 g/mol. The number of morpholine rings is 1. The lowest BCUT2D eigenvalue weighted by molar-refractivity contribution is -0.115. The summed E-state index contributed by atoms with van der Waals surface area (Å²) in [6.07, 6.45) is 0. The average Bonchev–Trinajstić information content (AvgIpc) is 3.06. The van der Waals surface area contributed by atoms with Gasteiger partial charge in [0.15, 0.2) is 5.16 Å². The Hall–Kier alpha value is -1.95. The van der Waals surface area contributed by atoms with Crippen LogP contribution >= 0.6 is 11.8 Å². The van der Waals surface area contributed by atoms with Crippen LogP contribution in [0.25, 0.3) is 5.69 Å². The molecule has 1 aromatic carbocycles. The fourth-order valence-electron chi connectivity index (χ4n) is 2.35. The SMILES string of the molecule is NC(=O)CSc1nnc(S(=O)(=O)N2CCOCC2)n1-c1ccccc1. The normalized spacial score (nSPS) is 16.0. The number of nitrogens with zero attached hydrogens (tertiary/aromatic N) is 4. The highest BCUT2D eigenvalue weighted by Crippen LogP contribution is 2.26. The Balaban J connectivity index is 2.05. The van der Waals surface area contributed by atoms with Gasteiger partial charge >= 0.3 is 0 Å². The molecule has 11 heteroatoms. The second-order valence-electron chi connectivity index (χ2n) is 5.21. The molecule has 0 unspecified atom stereocenters. The molecule has 1 fully saturated rings. The molecule has 0 saturated carbocycles. The second-order valence-corrected chi connectivity index (χ2v) is 7.98. The molecule has 2 heterocycles. The maximum absolute atomic E-state index is 13.0. The summed E-state index contributed by atoms with van der Waals surface area (Å²) >= 11 is 1.04. The zero-order chi connectivity index (χ0) is 17.9. The third kappa shape index (κ3) is 3.84. The monoisotopic (exact) mass is 383 g/mol. The molecule has 1 saturated heterocycles. The molecule has 0 spiro atoms. The highest BCUT2D eigenvalue weighted by Gasteiger charge is 2.33. The van der Waals surface area contributed by atoms with Crippen LogP contribution in [-0.4, -0.2) is 65.5 Å². The number of para-hydroxylation sites is 1. The number of sulfonamides is 1. The predicted octanol–water partition coefficient (Wildman–Crippen LogP) is -0.134. The summed E-state index contributed by atoms with van der Waals surface area (Å²) in [5, 5.41) is 7.94. The van der Waals surface area contributed by atoms with Crippen molar-refractivity contribution in [3.63, 3.8) is 0 Å². The molecule has 25 heavy (non-hydrogen) atoms. The first-order valence-corrected chi connectivity index (χ1v) is 9.92. The number of ether oxygens (including phenoxy) is 1. The number of thioether (sulfide) groups is 1. The van der Waals surface area contributed by atoms with Crippen molar-refractivity contribution in [1.82, 2.24) is 19.1 Å². The maximum Gasteiger partial charge on any atom is 0.279 e. The fourth-order valence-corrected chi connectivity index (χ4v) is 4.53. The molecule has 0 aliphatic carbocycles. The van der Waals surface area contributed by atoms with Gasteiger partial charge in [0.1, 0.15) is 0 Å². The summed E-state index contributed by atoms with van der Waals surface area (Å²) in [5.74, 6) is -0.548. The smallest absolute Gasteiger partial charge is 0.279 e. The molecule has 2 aromatic rings. The number of rotatable bonds is 6. The maximum atomic E-state index is 13.0. The Morgan fingerprint density at radius 2 is 1.88 bits per heavy atom. The van der Waals surface area contributed by atoms with Gasteiger partial charge in [-0.3, -0.25) is 9.36 Å². The first-order valence-electron chi connectivity index (χ1n) is 7.50. The fraction of sp³-hybridized carbons (Fsp3) is 0.357. The standard InChI is InChI=1S/C14H17N5O4S2/c15-12(20)10-24-13-16-17-14(19(13)11-4-2-1-3-5-11)25(21,22)18-6-8-23-9-7-18/h1-5H,6-10H2,(H2,15,20). The van der Waals surface area contributed by atoms with Crippen LogP contribution in [0.1, 0.15) is 0 Å². The van der Waals surface area contributed by atoms with Gasteiger partial charge < -0.3 is 10.5 Å². The van der Waals surface area contributed by atoms with E-state index in [2.05, 4.69) is 10.2 Å². The van der Waals surface area contributed by atoms with E-state index >= 15 is 0 Å². The first kappa shape index (κ1) is 17.9. The van der Waals surface area contributed by atoms with Crippen LogP contribution in [0.5, 0.6) is 0 Å². The number of nitrogens with two attached hydrogens (primary N) is 1. The molecule has 1 aliphatic rings. The summed E-state index contributed by atoms with van der Waals surface area (Å²) in [6, 6.07) is 8.87. The van der Waals surface area contributed by atoms with Crippen molar-refractivity contribution >= 4 is 27.7 Å². The van der Waals surface area contributed by atoms with Gasteiger partial charge in [0, 0.05) is 13.1 Å². The van der Waals surface area contributed by atoms with Crippen LogP contribution < -0.4 is 5.73 Å². The Morgan fingerprint density at radius 1 is 1.20 bits per heavy atom. The van der Waals surface area contributed by atoms with Crippen molar-refractivity contribution in [3.05, 3.63) is 30.3 Å². The van der Waals surface area contributed by atoms with Crippen molar-refractivity contribution in [2.45, 2.75) is 10.3 Å². The molecule has 1 aromatic heterocycles. The van der Waals surface area contributed by atoms with Gasteiger partial charge in [0.25, 0.3) is 15.2 Å². The third-order valence-electron chi connectivity index (χ3n) is 3.50. The van der Waals surface area contributed by atoms with E-state index in [1.807, 2.05) is 6.07 Å². The number of primary amides is 1. The minimum Gasteiger partial charge on any atom is -0.379 e.